The second kappa shape index (κ2) is 9.51. The lowest BCUT2D eigenvalue weighted by atomic mass is 9.83. The molecule has 26 heavy (non-hydrogen) atoms. The van der Waals surface area contributed by atoms with Gasteiger partial charge in [0.2, 0.25) is 0 Å². The van der Waals surface area contributed by atoms with Crippen molar-refractivity contribution in [3.8, 4) is 11.5 Å². The largest absolute Gasteiger partial charge is 0.507 e. The standard InChI is InChI=1S/C21H31NO4/c1-4-5-6-9-15-12-18(23)19(16-10-7-8-14(2)11-16)20(24)17(15)13-26-21(25)22-3/h11-12,16,23-24H,4-10,13H2,1-3H3,(H,22,25). The van der Waals surface area contributed by atoms with Gasteiger partial charge in [0.1, 0.15) is 18.1 Å². The first-order chi connectivity index (χ1) is 12.5. The van der Waals surface area contributed by atoms with Crippen molar-refractivity contribution in [3.05, 3.63) is 34.4 Å². The van der Waals surface area contributed by atoms with Gasteiger partial charge >= 0.3 is 6.09 Å². The summed E-state index contributed by atoms with van der Waals surface area (Å²) >= 11 is 0. The molecule has 0 aromatic heterocycles. The van der Waals surface area contributed by atoms with Crippen LogP contribution in [0.3, 0.4) is 0 Å². The van der Waals surface area contributed by atoms with E-state index in [2.05, 4.69) is 25.2 Å². The number of alkyl carbamates (subject to hydrolysis) is 1. The number of phenolic OH excluding ortho intramolecular Hbond substituents is 2. The Morgan fingerprint density at radius 3 is 2.77 bits per heavy atom. The van der Waals surface area contributed by atoms with Crippen molar-refractivity contribution in [2.75, 3.05) is 7.05 Å². The molecular weight excluding hydrogens is 330 g/mol. The molecule has 5 heteroatoms. The number of hydrogen-bond donors (Lipinski definition) is 3. The second-order valence-electron chi connectivity index (χ2n) is 7.09. The lowest BCUT2D eigenvalue weighted by Crippen LogP contribution is -2.19. The van der Waals surface area contributed by atoms with Crippen molar-refractivity contribution in [2.24, 2.45) is 0 Å². The zero-order valence-electron chi connectivity index (χ0n) is 16.1. The molecule has 0 saturated carbocycles. The highest BCUT2D eigenvalue weighted by Crippen LogP contribution is 2.44. The van der Waals surface area contributed by atoms with E-state index in [0.717, 1.165) is 50.5 Å². The zero-order chi connectivity index (χ0) is 19.1. The molecule has 1 amide bonds. The fourth-order valence-electron chi connectivity index (χ4n) is 3.63. The predicted octanol–water partition coefficient (Wildman–Crippen LogP) is 4.90. The van der Waals surface area contributed by atoms with Crippen molar-refractivity contribution in [2.45, 2.75) is 71.3 Å². The molecule has 2 rings (SSSR count). The van der Waals surface area contributed by atoms with Gasteiger partial charge in [-0.2, -0.15) is 0 Å². The summed E-state index contributed by atoms with van der Waals surface area (Å²) in [7, 11) is 1.50. The Hall–Kier alpha value is -2.17. The molecule has 0 radical (unpaired) electrons. The van der Waals surface area contributed by atoms with Gasteiger partial charge in [-0.3, -0.25) is 0 Å². The molecule has 1 aromatic carbocycles. The molecule has 1 aliphatic carbocycles. The van der Waals surface area contributed by atoms with Gasteiger partial charge in [0.15, 0.2) is 0 Å². The number of ether oxygens (including phenoxy) is 1. The highest BCUT2D eigenvalue weighted by atomic mass is 16.5. The van der Waals surface area contributed by atoms with Crippen LogP contribution >= 0.6 is 0 Å². The molecule has 0 saturated heterocycles. The number of carbonyl (C=O) groups is 1. The normalized spacial score (nSPS) is 16.9. The number of amides is 1. The summed E-state index contributed by atoms with van der Waals surface area (Å²) in [5, 5.41) is 24.0. The Kier molecular flexibility index (Phi) is 7.37. The lowest BCUT2D eigenvalue weighted by Gasteiger charge is -2.24. The minimum atomic E-state index is -0.535. The smallest absolute Gasteiger partial charge is 0.407 e. The van der Waals surface area contributed by atoms with Gasteiger partial charge in [-0.15, -0.1) is 0 Å². The Morgan fingerprint density at radius 2 is 2.12 bits per heavy atom. The second-order valence-corrected chi connectivity index (χ2v) is 7.09. The van der Waals surface area contributed by atoms with Gasteiger partial charge in [0.05, 0.1) is 0 Å². The van der Waals surface area contributed by atoms with Crippen LogP contribution < -0.4 is 5.32 Å². The van der Waals surface area contributed by atoms with E-state index in [1.54, 1.807) is 6.07 Å². The SMILES string of the molecule is CCCCCc1cc(O)c(C2C=C(C)CCC2)c(O)c1COC(=O)NC. The van der Waals surface area contributed by atoms with Gasteiger partial charge in [-0.05, 0) is 50.7 Å². The van der Waals surface area contributed by atoms with E-state index >= 15 is 0 Å². The average molecular weight is 361 g/mol. The van der Waals surface area contributed by atoms with Crippen molar-refractivity contribution < 1.29 is 19.7 Å². The van der Waals surface area contributed by atoms with E-state index < -0.39 is 6.09 Å². The van der Waals surface area contributed by atoms with Crippen LogP contribution in [0.25, 0.3) is 0 Å². The molecule has 0 bridgehead atoms. The number of nitrogens with one attached hydrogen (secondary N) is 1. The predicted molar refractivity (Wildman–Crippen MR) is 103 cm³/mol. The molecule has 0 heterocycles. The van der Waals surface area contributed by atoms with E-state index in [1.165, 1.54) is 12.6 Å². The number of aromatic hydroxyl groups is 2. The fourth-order valence-corrected chi connectivity index (χ4v) is 3.63. The molecule has 1 unspecified atom stereocenters. The number of carbonyl (C=O) groups excluding carboxylic acids is 1. The van der Waals surface area contributed by atoms with Gasteiger partial charge in [-0.1, -0.05) is 31.4 Å². The number of allylic oxidation sites excluding steroid dienone is 2. The van der Waals surface area contributed by atoms with Crippen molar-refractivity contribution in [1.29, 1.82) is 0 Å². The van der Waals surface area contributed by atoms with Crippen molar-refractivity contribution in [1.82, 2.24) is 5.32 Å². The minimum absolute atomic E-state index is 0.00430. The molecule has 0 aliphatic heterocycles. The highest BCUT2D eigenvalue weighted by Gasteiger charge is 2.25. The van der Waals surface area contributed by atoms with Gasteiger partial charge in [-0.25, -0.2) is 4.79 Å². The van der Waals surface area contributed by atoms with E-state index in [9.17, 15) is 15.0 Å². The van der Waals surface area contributed by atoms with Crippen molar-refractivity contribution >= 4 is 6.09 Å². The van der Waals surface area contributed by atoms with Gasteiger partial charge in [0, 0.05) is 24.1 Å². The van der Waals surface area contributed by atoms with Gasteiger partial charge in [0.25, 0.3) is 0 Å². The first kappa shape index (κ1) is 20.1. The highest BCUT2D eigenvalue weighted by molar-refractivity contribution is 5.67. The Bertz CT molecular complexity index is 666. The summed E-state index contributed by atoms with van der Waals surface area (Å²) in [5.74, 6) is 0.192. The third kappa shape index (κ3) is 4.93. The third-order valence-electron chi connectivity index (χ3n) is 5.06. The molecule has 1 aromatic rings. The first-order valence-corrected chi connectivity index (χ1v) is 9.56. The van der Waals surface area contributed by atoms with Crippen LogP contribution in [-0.2, 0) is 17.8 Å². The summed E-state index contributed by atoms with van der Waals surface area (Å²) in [5.41, 5.74) is 3.28. The van der Waals surface area contributed by atoms with Crippen LogP contribution in [0, 0.1) is 0 Å². The lowest BCUT2D eigenvalue weighted by molar-refractivity contribution is 0.140. The van der Waals surface area contributed by atoms with Crippen LogP contribution in [0.5, 0.6) is 11.5 Å². The first-order valence-electron chi connectivity index (χ1n) is 9.56. The summed E-state index contributed by atoms with van der Waals surface area (Å²) in [4.78, 5) is 11.5. The van der Waals surface area contributed by atoms with E-state index in [-0.39, 0.29) is 24.0 Å². The molecule has 144 valence electrons. The molecule has 1 atom stereocenters. The van der Waals surface area contributed by atoms with Crippen molar-refractivity contribution in [3.63, 3.8) is 0 Å². The quantitative estimate of drug-likeness (QED) is 0.477. The summed E-state index contributed by atoms with van der Waals surface area (Å²) < 4.78 is 5.20. The maximum atomic E-state index is 11.5. The number of rotatable bonds is 7. The average Bonchev–Trinajstić information content (AvgIpc) is 2.61. The van der Waals surface area contributed by atoms with E-state index in [1.807, 2.05) is 0 Å². The number of aryl methyl sites for hydroxylation is 1. The summed E-state index contributed by atoms with van der Waals surface area (Å²) in [6.45, 7) is 4.20. The minimum Gasteiger partial charge on any atom is -0.507 e. The molecular formula is C21H31NO4. The van der Waals surface area contributed by atoms with Crippen LogP contribution in [0.4, 0.5) is 4.79 Å². The molecule has 0 fully saturated rings. The summed E-state index contributed by atoms with van der Waals surface area (Å²) in [6.07, 6.45) is 8.43. The zero-order valence-corrected chi connectivity index (χ0v) is 16.1. The molecule has 3 N–H and O–H groups in total. The number of phenols is 2. The molecule has 0 spiro atoms. The molecule has 5 nitrogen and oxygen atoms in total. The molecule has 1 aliphatic rings. The van der Waals surface area contributed by atoms with Crippen LogP contribution in [0.15, 0.2) is 17.7 Å². The third-order valence-corrected chi connectivity index (χ3v) is 5.06. The van der Waals surface area contributed by atoms with Gasteiger partial charge < -0.3 is 20.3 Å². The van der Waals surface area contributed by atoms with Crippen LogP contribution in [-0.4, -0.2) is 23.4 Å². The van der Waals surface area contributed by atoms with Crippen LogP contribution in [0.2, 0.25) is 0 Å². The maximum Gasteiger partial charge on any atom is 0.407 e. The fraction of sp³-hybridized carbons (Fsp3) is 0.571. The Morgan fingerprint density at radius 1 is 1.35 bits per heavy atom. The Labute approximate surface area is 156 Å². The van der Waals surface area contributed by atoms with E-state index in [0.29, 0.717) is 11.1 Å². The number of benzene rings is 1. The van der Waals surface area contributed by atoms with E-state index in [4.69, 9.17) is 4.74 Å². The topological polar surface area (TPSA) is 78.8 Å². The number of hydrogen-bond acceptors (Lipinski definition) is 4. The monoisotopic (exact) mass is 361 g/mol. The maximum absolute atomic E-state index is 11.5. The van der Waals surface area contributed by atoms with Crippen LogP contribution in [0.1, 0.15) is 75.0 Å². The number of unbranched alkanes of at least 4 members (excludes halogenated alkanes) is 2. The summed E-state index contributed by atoms with van der Waals surface area (Å²) in [6, 6.07) is 1.74. The Balaban J connectivity index is 2.39.